The summed E-state index contributed by atoms with van der Waals surface area (Å²) in [6, 6.07) is 5.71. The van der Waals surface area contributed by atoms with E-state index in [4.69, 9.17) is 14.2 Å². The third-order valence-corrected chi connectivity index (χ3v) is 2.65. The zero-order valence-electron chi connectivity index (χ0n) is 15.6. The molecule has 0 unspecified atom stereocenters. The molecule has 0 aliphatic carbocycles. The maximum absolute atomic E-state index is 10.6. The largest absolute Gasteiger partial charge is 0.493 e. The summed E-state index contributed by atoms with van der Waals surface area (Å²) in [6.07, 6.45) is 1.58. The predicted octanol–water partition coefficient (Wildman–Crippen LogP) is 3.56. The average Bonchev–Trinajstić information content (AvgIpc) is 2.60. The first-order chi connectivity index (χ1) is 11.1. The monoisotopic (exact) mass is 327 g/mol. The van der Waals surface area contributed by atoms with Gasteiger partial charge in [0.05, 0.1) is 13.7 Å². The number of hydrogen-bond donors (Lipinski definition) is 1. The molecule has 5 heteroatoms. The quantitative estimate of drug-likeness (QED) is 0.584. The van der Waals surface area contributed by atoms with E-state index in [2.05, 4.69) is 19.2 Å². The Balaban J connectivity index is 0. The highest BCUT2D eigenvalue weighted by atomic mass is 16.5. The number of nitrogens with one attached hydrogen (secondary N) is 1. The van der Waals surface area contributed by atoms with Crippen molar-refractivity contribution in [2.75, 3.05) is 34.5 Å². The van der Waals surface area contributed by atoms with E-state index >= 15 is 0 Å². The summed E-state index contributed by atoms with van der Waals surface area (Å²) >= 11 is 0. The SMILES string of the molecule is CC.CNC(C)C.COCCCOc1cc(C=O)ccc1OC. The van der Waals surface area contributed by atoms with Crippen molar-refractivity contribution in [3.8, 4) is 11.5 Å². The summed E-state index contributed by atoms with van der Waals surface area (Å²) in [5.74, 6) is 1.21. The van der Waals surface area contributed by atoms with Gasteiger partial charge in [-0.05, 0) is 25.2 Å². The minimum Gasteiger partial charge on any atom is -0.493 e. The lowest BCUT2D eigenvalue weighted by molar-refractivity contribution is 0.112. The van der Waals surface area contributed by atoms with Gasteiger partial charge < -0.3 is 19.5 Å². The molecule has 0 amide bonds. The van der Waals surface area contributed by atoms with Gasteiger partial charge in [-0.25, -0.2) is 0 Å². The number of rotatable bonds is 8. The van der Waals surface area contributed by atoms with Crippen molar-refractivity contribution in [1.82, 2.24) is 5.32 Å². The number of benzene rings is 1. The summed E-state index contributed by atoms with van der Waals surface area (Å²) in [7, 11) is 5.16. The van der Waals surface area contributed by atoms with Gasteiger partial charge in [0, 0.05) is 31.7 Å². The third-order valence-electron chi connectivity index (χ3n) is 2.65. The van der Waals surface area contributed by atoms with Gasteiger partial charge in [-0.15, -0.1) is 0 Å². The van der Waals surface area contributed by atoms with E-state index < -0.39 is 0 Å². The standard InChI is InChI=1S/C12H16O4.C4H11N.C2H6/c1-14-6-3-7-16-12-8-10(9-13)4-5-11(12)15-2;1-4(2)5-3;1-2/h4-5,8-9H,3,6-7H2,1-2H3;4-5H,1-3H3;1-2H3. The minimum absolute atomic E-state index is 0.534. The molecule has 0 bridgehead atoms. The highest BCUT2D eigenvalue weighted by molar-refractivity contribution is 5.76. The van der Waals surface area contributed by atoms with Crippen LogP contribution < -0.4 is 14.8 Å². The summed E-state index contributed by atoms with van der Waals surface area (Å²) in [5.41, 5.74) is 0.572. The number of carbonyl (C=O) groups is 1. The van der Waals surface area contributed by atoms with Crippen LogP contribution in [0.5, 0.6) is 11.5 Å². The van der Waals surface area contributed by atoms with Crippen LogP contribution in [0.25, 0.3) is 0 Å². The molecule has 1 rings (SSSR count). The van der Waals surface area contributed by atoms with Crippen LogP contribution in [0, 0.1) is 0 Å². The molecule has 0 aliphatic heterocycles. The number of methoxy groups -OCH3 is 2. The molecule has 0 aromatic heterocycles. The maximum atomic E-state index is 10.6. The molecule has 1 aromatic rings. The fourth-order valence-electron chi connectivity index (χ4n) is 1.26. The van der Waals surface area contributed by atoms with Crippen molar-refractivity contribution in [2.24, 2.45) is 0 Å². The van der Waals surface area contributed by atoms with Gasteiger partial charge in [-0.2, -0.15) is 0 Å². The molecule has 1 N–H and O–H groups in total. The van der Waals surface area contributed by atoms with Crippen molar-refractivity contribution >= 4 is 6.29 Å². The van der Waals surface area contributed by atoms with Gasteiger partial charge in [0.2, 0.25) is 0 Å². The van der Waals surface area contributed by atoms with Crippen molar-refractivity contribution in [3.05, 3.63) is 23.8 Å². The second-order valence-electron chi connectivity index (χ2n) is 4.67. The molecular weight excluding hydrogens is 294 g/mol. The molecular formula is C18H33NO4. The second-order valence-corrected chi connectivity index (χ2v) is 4.67. The first kappa shape index (κ1) is 23.7. The Bertz CT molecular complexity index is 395. The molecule has 23 heavy (non-hydrogen) atoms. The second kappa shape index (κ2) is 16.8. The molecule has 0 heterocycles. The van der Waals surface area contributed by atoms with E-state index in [1.54, 1.807) is 32.4 Å². The summed E-state index contributed by atoms with van der Waals surface area (Å²) < 4.78 is 15.6. The van der Waals surface area contributed by atoms with Crippen LogP contribution in [0.2, 0.25) is 0 Å². The lowest BCUT2D eigenvalue weighted by Crippen LogP contribution is -2.15. The number of carbonyl (C=O) groups excluding carboxylic acids is 1. The van der Waals surface area contributed by atoms with Crippen molar-refractivity contribution in [2.45, 2.75) is 40.2 Å². The Kier molecular flexibility index (Phi) is 17.3. The molecule has 0 radical (unpaired) electrons. The number of hydrogen-bond acceptors (Lipinski definition) is 5. The first-order valence-electron chi connectivity index (χ1n) is 8.01. The number of aldehydes is 1. The lowest BCUT2D eigenvalue weighted by Gasteiger charge is -2.10. The van der Waals surface area contributed by atoms with Gasteiger partial charge in [-0.3, -0.25) is 4.79 Å². The molecule has 1 aromatic carbocycles. The van der Waals surface area contributed by atoms with E-state index in [0.717, 1.165) is 12.7 Å². The van der Waals surface area contributed by atoms with Gasteiger partial charge >= 0.3 is 0 Å². The Hall–Kier alpha value is -1.59. The Morgan fingerprint density at radius 1 is 1.13 bits per heavy atom. The lowest BCUT2D eigenvalue weighted by atomic mass is 10.2. The number of ether oxygens (including phenoxy) is 3. The first-order valence-corrected chi connectivity index (χ1v) is 8.01. The molecule has 5 nitrogen and oxygen atoms in total. The van der Waals surface area contributed by atoms with E-state index in [9.17, 15) is 4.79 Å². The fraction of sp³-hybridized carbons (Fsp3) is 0.611. The van der Waals surface area contributed by atoms with Crippen LogP contribution in [0.4, 0.5) is 0 Å². The fourth-order valence-corrected chi connectivity index (χ4v) is 1.26. The smallest absolute Gasteiger partial charge is 0.161 e. The maximum Gasteiger partial charge on any atom is 0.161 e. The summed E-state index contributed by atoms with van der Waals surface area (Å²) in [5, 5.41) is 3.03. The summed E-state index contributed by atoms with van der Waals surface area (Å²) in [4.78, 5) is 10.6. The molecule has 134 valence electrons. The minimum atomic E-state index is 0.534. The molecule has 0 saturated heterocycles. The van der Waals surface area contributed by atoms with E-state index in [-0.39, 0.29) is 0 Å². The summed E-state index contributed by atoms with van der Waals surface area (Å²) in [6.45, 7) is 9.40. The molecule has 0 fully saturated rings. The third kappa shape index (κ3) is 12.6. The van der Waals surface area contributed by atoms with Gasteiger partial charge in [0.25, 0.3) is 0 Å². The van der Waals surface area contributed by atoms with Crippen LogP contribution in [-0.2, 0) is 4.74 Å². The normalized spacial score (nSPS) is 9.22. The van der Waals surface area contributed by atoms with Crippen molar-refractivity contribution < 1.29 is 19.0 Å². The van der Waals surface area contributed by atoms with Crippen LogP contribution in [0.1, 0.15) is 44.5 Å². The molecule has 0 aliphatic rings. The van der Waals surface area contributed by atoms with Crippen LogP contribution in [0.3, 0.4) is 0 Å². The Morgan fingerprint density at radius 3 is 2.17 bits per heavy atom. The van der Waals surface area contributed by atoms with Crippen molar-refractivity contribution in [1.29, 1.82) is 0 Å². The van der Waals surface area contributed by atoms with Crippen LogP contribution >= 0.6 is 0 Å². The topological polar surface area (TPSA) is 56.8 Å². The van der Waals surface area contributed by atoms with Crippen LogP contribution in [-0.4, -0.2) is 46.8 Å². The van der Waals surface area contributed by atoms with Gasteiger partial charge in [0.1, 0.15) is 6.29 Å². The zero-order valence-corrected chi connectivity index (χ0v) is 15.6. The van der Waals surface area contributed by atoms with E-state index in [1.807, 2.05) is 20.9 Å². The predicted molar refractivity (Wildman–Crippen MR) is 95.9 cm³/mol. The average molecular weight is 327 g/mol. The Labute approximate surface area is 141 Å². The van der Waals surface area contributed by atoms with Crippen LogP contribution in [0.15, 0.2) is 18.2 Å². The zero-order chi connectivity index (χ0) is 18.1. The Morgan fingerprint density at radius 2 is 1.74 bits per heavy atom. The van der Waals surface area contributed by atoms with Gasteiger partial charge in [-0.1, -0.05) is 27.7 Å². The van der Waals surface area contributed by atoms with Crippen molar-refractivity contribution in [3.63, 3.8) is 0 Å². The molecule has 0 spiro atoms. The van der Waals surface area contributed by atoms with Gasteiger partial charge in [0.15, 0.2) is 11.5 Å². The molecule has 0 atom stereocenters. The highest BCUT2D eigenvalue weighted by Crippen LogP contribution is 2.27. The van der Waals surface area contributed by atoms with E-state index in [1.165, 1.54) is 0 Å². The molecule has 0 saturated carbocycles. The highest BCUT2D eigenvalue weighted by Gasteiger charge is 2.05. The van der Waals surface area contributed by atoms with E-state index in [0.29, 0.717) is 36.3 Å².